The zero-order chi connectivity index (χ0) is 30.8. The summed E-state index contributed by atoms with van der Waals surface area (Å²) >= 11 is 1.44. The second kappa shape index (κ2) is 10.9. The van der Waals surface area contributed by atoms with Crippen molar-refractivity contribution in [3.05, 3.63) is 47.3 Å². The van der Waals surface area contributed by atoms with Crippen molar-refractivity contribution < 1.29 is 36.6 Å². The quantitative estimate of drug-likeness (QED) is 0.331. The molecular formula is C31H32F4N4O4S. The van der Waals surface area contributed by atoms with Gasteiger partial charge >= 0.3 is 6.18 Å². The first-order valence-corrected chi connectivity index (χ1v) is 15.7. The summed E-state index contributed by atoms with van der Waals surface area (Å²) in [7, 11) is 1.50. The zero-order valence-corrected chi connectivity index (χ0v) is 24.8. The van der Waals surface area contributed by atoms with Crippen LogP contribution in [0.5, 0.6) is 5.75 Å². The van der Waals surface area contributed by atoms with Crippen molar-refractivity contribution in [1.29, 1.82) is 0 Å². The molecule has 2 saturated heterocycles. The SMILES string of the molecule is COc1ccc2nc(N3CCC4(CC3)COC4)sc2c1C(=O)N[C@@H]1[C@H]2CC[C@H](C2)[C@@H]1C(=O)Nc1ccc(F)c(C(F)(F)F)c1. The molecule has 2 amide bonds. The molecule has 2 saturated carbocycles. The molecule has 2 aliphatic carbocycles. The van der Waals surface area contributed by atoms with Gasteiger partial charge in [-0.1, -0.05) is 11.3 Å². The summed E-state index contributed by atoms with van der Waals surface area (Å²) in [4.78, 5) is 34.5. The number of carbonyl (C=O) groups excluding carboxylic acids is 2. The Morgan fingerprint density at radius 3 is 2.55 bits per heavy atom. The lowest BCUT2D eigenvalue weighted by Crippen LogP contribution is -2.50. The Morgan fingerprint density at radius 1 is 1.11 bits per heavy atom. The number of aromatic nitrogens is 1. The number of methoxy groups -OCH3 is 1. The number of rotatable bonds is 6. The number of halogens is 4. The standard InChI is InChI=1S/C31H32F4N4O4S/c1-42-22-7-6-21-26(44-29(37-21)39-10-8-30(9-11-39)14-43-15-30)24(22)28(41)38-25-17-3-2-16(12-17)23(25)27(40)36-18-4-5-20(32)19(13-18)31(33,34)35/h4-7,13,16-17,23,25H,2-3,8-12,14-15H2,1H3,(H,36,40)(H,38,41)/t16-,17+,23+,25-/m1/s1. The highest BCUT2D eigenvalue weighted by Crippen LogP contribution is 2.49. The number of benzene rings is 2. The smallest absolute Gasteiger partial charge is 0.419 e. The van der Waals surface area contributed by atoms with Crippen LogP contribution >= 0.6 is 11.3 Å². The first-order chi connectivity index (χ1) is 21.0. The third kappa shape index (κ3) is 5.07. The van der Waals surface area contributed by atoms with Crippen LogP contribution < -0.4 is 20.3 Å². The van der Waals surface area contributed by atoms with Gasteiger partial charge in [-0.25, -0.2) is 9.37 Å². The Balaban J connectivity index is 1.12. The van der Waals surface area contributed by atoms with Gasteiger partial charge in [0.1, 0.15) is 17.1 Å². The fourth-order valence-corrected chi connectivity index (χ4v) is 8.63. The molecule has 4 fully saturated rings. The normalized spacial score (nSPS) is 25.7. The number of fused-ring (bicyclic) bond motifs is 3. The lowest BCUT2D eigenvalue weighted by molar-refractivity contribution is -0.140. The van der Waals surface area contributed by atoms with Crippen molar-refractivity contribution in [1.82, 2.24) is 10.3 Å². The Morgan fingerprint density at radius 2 is 1.86 bits per heavy atom. The number of nitrogens with one attached hydrogen (secondary N) is 2. The largest absolute Gasteiger partial charge is 0.496 e. The molecule has 2 aromatic carbocycles. The molecule has 7 rings (SSSR count). The highest BCUT2D eigenvalue weighted by molar-refractivity contribution is 7.22. The van der Waals surface area contributed by atoms with Gasteiger partial charge in [0.05, 0.1) is 42.0 Å². The first kappa shape index (κ1) is 29.3. The summed E-state index contributed by atoms with van der Waals surface area (Å²) < 4.78 is 65.3. The third-order valence-electron chi connectivity index (χ3n) is 9.92. The minimum absolute atomic E-state index is 0.0241. The fraction of sp³-hybridized carbons (Fsp3) is 0.516. The maximum absolute atomic E-state index is 14.0. The third-order valence-corrected chi connectivity index (χ3v) is 11.1. The number of carbonyl (C=O) groups is 2. The summed E-state index contributed by atoms with van der Waals surface area (Å²) in [6.45, 7) is 3.34. The van der Waals surface area contributed by atoms with E-state index in [1.807, 2.05) is 6.07 Å². The van der Waals surface area contributed by atoms with Gasteiger partial charge in [-0.2, -0.15) is 13.2 Å². The van der Waals surface area contributed by atoms with Crippen LogP contribution in [-0.2, 0) is 15.7 Å². The Labute approximate surface area is 255 Å². The summed E-state index contributed by atoms with van der Waals surface area (Å²) in [5, 5.41) is 6.50. The van der Waals surface area contributed by atoms with Gasteiger partial charge in [-0.15, -0.1) is 0 Å². The Hall–Kier alpha value is -3.45. The minimum atomic E-state index is -4.90. The average Bonchev–Trinajstić information content (AvgIpc) is 3.71. The molecule has 1 spiro atoms. The van der Waals surface area contributed by atoms with Crippen LogP contribution in [0.3, 0.4) is 0 Å². The molecule has 2 N–H and O–H groups in total. The van der Waals surface area contributed by atoms with E-state index in [0.717, 1.165) is 69.6 Å². The molecule has 8 nitrogen and oxygen atoms in total. The van der Waals surface area contributed by atoms with Gasteiger partial charge in [0.2, 0.25) is 5.91 Å². The molecule has 2 aliphatic heterocycles. The predicted molar refractivity (Wildman–Crippen MR) is 156 cm³/mol. The number of nitrogens with zero attached hydrogens (tertiary/aromatic N) is 2. The molecule has 3 heterocycles. The van der Waals surface area contributed by atoms with Crippen molar-refractivity contribution in [2.75, 3.05) is 43.6 Å². The molecule has 13 heteroatoms. The topological polar surface area (TPSA) is 92.8 Å². The minimum Gasteiger partial charge on any atom is -0.496 e. The van der Waals surface area contributed by atoms with E-state index in [4.69, 9.17) is 14.5 Å². The lowest BCUT2D eigenvalue weighted by Gasteiger charge is -2.47. The Kier molecular flexibility index (Phi) is 7.23. The molecule has 4 atom stereocenters. The number of piperidine rings is 1. The molecule has 234 valence electrons. The predicted octanol–water partition coefficient (Wildman–Crippen LogP) is 5.86. The van der Waals surface area contributed by atoms with Crippen LogP contribution in [0.4, 0.5) is 28.4 Å². The van der Waals surface area contributed by atoms with E-state index in [2.05, 4.69) is 15.5 Å². The lowest BCUT2D eigenvalue weighted by atomic mass is 9.77. The number of ether oxygens (including phenoxy) is 2. The van der Waals surface area contributed by atoms with E-state index in [0.29, 0.717) is 33.7 Å². The van der Waals surface area contributed by atoms with Crippen LogP contribution in [0.25, 0.3) is 10.2 Å². The monoisotopic (exact) mass is 632 g/mol. The maximum atomic E-state index is 14.0. The van der Waals surface area contributed by atoms with Gasteiger partial charge in [0.25, 0.3) is 5.91 Å². The van der Waals surface area contributed by atoms with E-state index in [1.165, 1.54) is 18.4 Å². The first-order valence-electron chi connectivity index (χ1n) is 14.8. The molecule has 2 bridgehead atoms. The maximum Gasteiger partial charge on any atom is 0.419 e. The molecule has 0 radical (unpaired) electrons. The summed E-state index contributed by atoms with van der Waals surface area (Å²) in [5.74, 6) is -2.51. The van der Waals surface area contributed by atoms with Gasteiger partial charge in [0.15, 0.2) is 5.13 Å². The number of anilines is 2. The van der Waals surface area contributed by atoms with Crippen LogP contribution in [-0.4, -0.2) is 56.3 Å². The van der Waals surface area contributed by atoms with Crippen molar-refractivity contribution in [3.8, 4) is 5.75 Å². The zero-order valence-electron chi connectivity index (χ0n) is 24.0. The molecule has 0 unspecified atom stereocenters. The molecule has 44 heavy (non-hydrogen) atoms. The highest BCUT2D eigenvalue weighted by atomic mass is 32.1. The Bertz CT molecular complexity index is 1610. The second-order valence-electron chi connectivity index (χ2n) is 12.5. The molecule has 1 aromatic heterocycles. The van der Waals surface area contributed by atoms with Gasteiger partial charge in [-0.3, -0.25) is 9.59 Å². The number of thiazole rings is 1. The van der Waals surface area contributed by atoms with Crippen molar-refractivity contribution in [2.24, 2.45) is 23.2 Å². The molecular weight excluding hydrogens is 600 g/mol. The van der Waals surface area contributed by atoms with Crippen LogP contribution in [0.15, 0.2) is 30.3 Å². The van der Waals surface area contributed by atoms with E-state index >= 15 is 0 Å². The van der Waals surface area contributed by atoms with E-state index in [1.54, 1.807) is 6.07 Å². The number of hydrogen-bond donors (Lipinski definition) is 2. The van der Waals surface area contributed by atoms with Crippen molar-refractivity contribution in [3.63, 3.8) is 0 Å². The van der Waals surface area contributed by atoms with Gasteiger partial charge < -0.3 is 25.0 Å². The highest BCUT2D eigenvalue weighted by Gasteiger charge is 2.52. The summed E-state index contributed by atoms with van der Waals surface area (Å²) in [6, 6.07) is 5.44. The van der Waals surface area contributed by atoms with Crippen LogP contribution in [0, 0.1) is 29.0 Å². The van der Waals surface area contributed by atoms with Crippen molar-refractivity contribution in [2.45, 2.75) is 44.3 Å². The summed E-state index contributed by atoms with van der Waals surface area (Å²) in [6.07, 6.45) is -0.486. The van der Waals surface area contributed by atoms with Crippen LogP contribution in [0.2, 0.25) is 0 Å². The van der Waals surface area contributed by atoms with E-state index < -0.39 is 35.4 Å². The number of alkyl halides is 3. The van der Waals surface area contributed by atoms with Crippen molar-refractivity contribution >= 4 is 44.2 Å². The summed E-state index contributed by atoms with van der Waals surface area (Å²) in [5.41, 5.74) is -0.276. The molecule has 4 aliphatic rings. The van der Waals surface area contributed by atoms with Crippen LogP contribution in [0.1, 0.15) is 48.0 Å². The van der Waals surface area contributed by atoms with E-state index in [9.17, 15) is 27.2 Å². The van der Waals surface area contributed by atoms with Gasteiger partial charge in [0, 0.05) is 30.2 Å². The number of amides is 2. The number of hydrogen-bond acceptors (Lipinski definition) is 7. The molecule has 3 aromatic rings. The fourth-order valence-electron chi connectivity index (χ4n) is 7.48. The van der Waals surface area contributed by atoms with Gasteiger partial charge in [-0.05, 0) is 74.3 Å². The average molecular weight is 633 g/mol. The second-order valence-corrected chi connectivity index (χ2v) is 13.5. The van der Waals surface area contributed by atoms with E-state index in [-0.39, 0.29) is 28.8 Å².